The Labute approximate surface area is 124 Å². The van der Waals surface area contributed by atoms with Gasteiger partial charge in [0.15, 0.2) is 0 Å². The summed E-state index contributed by atoms with van der Waals surface area (Å²) >= 11 is 2.14. The van der Waals surface area contributed by atoms with Gasteiger partial charge in [-0.25, -0.2) is 0 Å². The highest BCUT2D eigenvalue weighted by atomic mass is 32.2. The second-order valence-corrected chi connectivity index (χ2v) is 6.51. The van der Waals surface area contributed by atoms with Crippen LogP contribution < -0.4 is 0 Å². The molecule has 0 N–H and O–H groups in total. The lowest BCUT2D eigenvalue weighted by atomic mass is 9.99. The van der Waals surface area contributed by atoms with Crippen molar-refractivity contribution < 1.29 is 0 Å². The molecule has 0 aromatic heterocycles. The predicted molar refractivity (Wildman–Crippen MR) is 90.2 cm³/mol. The van der Waals surface area contributed by atoms with Crippen LogP contribution in [0.5, 0.6) is 0 Å². The molecule has 0 aliphatic heterocycles. The first-order valence-corrected chi connectivity index (χ1v) is 9.16. The van der Waals surface area contributed by atoms with Crippen LogP contribution in [0.3, 0.4) is 0 Å². The summed E-state index contributed by atoms with van der Waals surface area (Å²) in [5, 5.41) is 0. The lowest BCUT2D eigenvalue weighted by Crippen LogP contribution is -2.01. The minimum Gasteiger partial charge on any atom is -0.161 e. The fraction of sp³-hybridized carbons (Fsp3) is 0.667. The third-order valence-corrected chi connectivity index (χ3v) is 4.94. The van der Waals surface area contributed by atoms with Gasteiger partial charge in [0.05, 0.1) is 0 Å². The van der Waals surface area contributed by atoms with E-state index in [0.29, 0.717) is 0 Å². The van der Waals surface area contributed by atoms with Crippen molar-refractivity contribution >= 4 is 11.8 Å². The summed E-state index contributed by atoms with van der Waals surface area (Å²) in [6.07, 6.45) is 9.72. The third-order valence-electron chi connectivity index (χ3n) is 3.73. The van der Waals surface area contributed by atoms with Crippen molar-refractivity contribution in [2.75, 3.05) is 11.5 Å². The highest BCUT2D eigenvalue weighted by Crippen LogP contribution is 2.24. The van der Waals surface area contributed by atoms with Gasteiger partial charge in [0.2, 0.25) is 0 Å². The van der Waals surface area contributed by atoms with Crippen LogP contribution in [0.2, 0.25) is 0 Å². The van der Waals surface area contributed by atoms with Gasteiger partial charge >= 0.3 is 0 Å². The SMILES string of the molecule is CCCCCCCCSCC(CC)c1ccccc1. The van der Waals surface area contributed by atoms with Crippen LogP contribution >= 0.6 is 11.8 Å². The molecule has 0 saturated carbocycles. The number of thioether (sulfide) groups is 1. The van der Waals surface area contributed by atoms with Gasteiger partial charge < -0.3 is 0 Å². The minimum atomic E-state index is 0.742. The maximum Gasteiger partial charge on any atom is 0.000136 e. The Bertz CT molecular complexity index is 294. The Morgan fingerprint density at radius 3 is 2.26 bits per heavy atom. The van der Waals surface area contributed by atoms with Crippen LogP contribution in [0, 0.1) is 0 Å². The Morgan fingerprint density at radius 2 is 1.58 bits per heavy atom. The van der Waals surface area contributed by atoms with Crippen LogP contribution in [0.1, 0.15) is 70.3 Å². The molecule has 0 saturated heterocycles. The summed E-state index contributed by atoms with van der Waals surface area (Å²) in [5.41, 5.74) is 1.51. The maximum atomic E-state index is 2.31. The second kappa shape index (κ2) is 11.4. The van der Waals surface area contributed by atoms with E-state index < -0.39 is 0 Å². The van der Waals surface area contributed by atoms with Crippen molar-refractivity contribution in [3.05, 3.63) is 35.9 Å². The molecule has 19 heavy (non-hydrogen) atoms. The number of unbranched alkanes of at least 4 members (excludes halogenated alkanes) is 5. The van der Waals surface area contributed by atoms with Gasteiger partial charge in [0.1, 0.15) is 0 Å². The molecule has 1 heteroatoms. The molecule has 0 aliphatic rings. The van der Waals surface area contributed by atoms with Crippen molar-refractivity contribution in [2.24, 2.45) is 0 Å². The van der Waals surface area contributed by atoms with E-state index in [1.807, 2.05) is 0 Å². The normalized spacial score (nSPS) is 12.5. The monoisotopic (exact) mass is 278 g/mol. The Morgan fingerprint density at radius 1 is 0.895 bits per heavy atom. The van der Waals surface area contributed by atoms with E-state index in [4.69, 9.17) is 0 Å². The number of hydrogen-bond donors (Lipinski definition) is 0. The van der Waals surface area contributed by atoms with Crippen molar-refractivity contribution in [1.82, 2.24) is 0 Å². The summed E-state index contributed by atoms with van der Waals surface area (Å²) in [6.45, 7) is 4.59. The molecule has 0 amide bonds. The van der Waals surface area contributed by atoms with E-state index in [-0.39, 0.29) is 0 Å². The number of benzene rings is 1. The molecule has 0 aliphatic carbocycles. The third kappa shape index (κ3) is 7.67. The van der Waals surface area contributed by atoms with Gasteiger partial charge in [-0.15, -0.1) is 0 Å². The average molecular weight is 279 g/mol. The molecule has 0 heterocycles. The van der Waals surface area contributed by atoms with Gasteiger partial charge in [-0.1, -0.05) is 76.3 Å². The largest absolute Gasteiger partial charge is 0.161 e. The fourth-order valence-electron chi connectivity index (χ4n) is 2.39. The summed E-state index contributed by atoms with van der Waals surface area (Å²) in [5.74, 6) is 3.37. The Balaban J connectivity index is 2.07. The first kappa shape index (κ1) is 16.6. The van der Waals surface area contributed by atoms with Crippen LogP contribution in [0.25, 0.3) is 0 Å². The van der Waals surface area contributed by atoms with Crippen LogP contribution in [0.15, 0.2) is 30.3 Å². The van der Waals surface area contributed by atoms with Crippen LogP contribution in [0.4, 0.5) is 0 Å². The molecule has 0 nitrogen and oxygen atoms in total. The zero-order chi connectivity index (χ0) is 13.8. The molecular formula is C18H30S. The molecule has 1 aromatic rings. The Hall–Kier alpha value is -0.430. The average Bonchev–Trinajstić information content (AvgIpc) is 2.47. The van der Waals surface area contributed by atoms with Crippen molar-refractivity contribution in [2.45, 2.75) is 64.7 Å². The zero-order valence-electron chi connectivity index (χ0n) is 12.7. The molecule has 1 rings (SSSR count). The lowest BCUT2D eigenvalue weighted by molar-refractivity contribution is 0.626. The first-order valence-electron chi connectivity index (χ1n) is 8.01. The highest BCUT2D eigenvalue weighted by molar-refractivity contribution is 7.99. The molecule has 0 spiro atoms. The summed E-state index contributed by atoms with van der Waals surface area (Å²) < 4.78 is 0. The highest BCUT2D eigenvalue weighted by Gasteiger charge is 2.08. The van der Waals surface area contributed by atoms with Gasteiger partial charge in [-0.3, -0.25) is 0 Å². The molecule has 1 atom stereocenters. The predicted octanol–water partition coefficient (Wildman–Crippen LogP) is 6.27. The number of rotatable bonds is 11. The van der Waals surface area contributed by atoms with E-state index >= 15 is 0 Å². The van der Waals surface area contributed by atoms with E-state index in [2.05, 4.69) is 55.9 Å². The Kier molecular flexibility index (Phi) is 9.98. The van der Waals surface area contributed by atoms with Crippen LogP contribution in [-0.4, -0.2) is 11.5 Å². The fourth-order valence-corrected chi connectivity index (χ4v) is 3.67. The van der Waals surface area contributed by atoms with Crippen LogP contribution in [-0.2, 0) is 0 Å². The summed E-state index contributed by atoms with van der Waals surface area (Å²) in [4.78, 5) is 0. The quantitative estimate of drug-likeness (QED) is 0.430. The van der Waals surface area contributed by atoms with Gasteiger partial charge in [-0.2, -0.15) is 11.8 Å². The van der Waals surface area contributed by atoms with Crippen molar-refractivity contribution in [3.8, 4) is 0 Å². The molecule has 0 bridgehead atoms. The zero-order valence-corrected chi connectivity index (χ0v) is 13.6. The van der Waals surface area contributed by atoms with Crippen molar-refractivity contribution in [3.63, 3.8) is 0 Å². The second-order valence-electron chi connectivity index (χ2n) is 5.36. The van der Waals surface area contributed by atoms with E-state index in [0.717, 1.165) is 5.92 Å². The lowest BCUT2D eigenvalue weighted by Gasteiger charge is -2.14. The maximum absolute atomic E-state index is 2.31. The van der Waals surface area contributed by atoms with E-state index in [1.54, 1.807) is 0 Å². The smallest absolute Gasteiger partial charge is 0.000136 e. The van der Waals surface area contributed by atoms with E-state index in [1.165, 1.54) is 62.0 Å². The molecule has 0 radical (unpaired) electrons. The van der Waals surface area contributed by atoms with Gasteiger partial charge in [0.25, 0.3) is 0 Å². The molecular weight excluding hydrogens is 248 g/mol. The molecule has 1 unspecified atom stereocenters. The summed E-state index contributed by atoms with van der Waals surface area (Å²) in [7, 11) is 0. The molecule has 1 aromatic carbocycles. The topological polar surface area (TPSA) is 0 Å². The first-order chi connectivity index (χ1) is 9.38. The molecule has 0 fully saturated rings. The van der Waals surface area contributed by atoms with Gasteiger partial charge in [0, 0.05) is 5.75 Å². The minimum absolute atomic E-state index is 0.742. The summed E-state index contributed by atoms with van der Waals surface area (Å²) in [6, 6.07) is 11.0. The standard InChI is InChI=1S/C18H30S/c1-3-5-6-7-8-12-15-19-16-17(4-2)18-13-10-9-11-14-18/h9-11,13-14,17H,3-8,12,15-16H2,1-2H3. The van der Waals surface area contributed by atoms with Crippen molar-refractivity contribution in [1.29, 1.82) is 0 Å². The van der Waals surface area contributed by atoms with Gasteiger partial charge in [-0.05, 0) is 30.1 Å². The number of hydrogen-bond acceptors (Lipinski definition) is 1. The molecule has 108 valence electrons. The van der Waals surface area contributed by atoms with E-state index in [9.17, 15) is 0 Å².